The summed E-state index contributed by atoms with van der Waals surface area (Å²) >= 11 is 0. The van der Waals surface area contributed by atoms with Gasteiger partial charge in [0.1, 0.15) is 11.9 Å². The quantitative estimate of drug-likeness (QED) is 0.718. The Kier molecular flexibility index (Phi) is 3.21. The van der Waals surface area contributed by atoms with Crippen molar-refractivity contribution in [2.75, 3.05) is 14.1 Å². The Labute approximate surface area is 83.6 Å². The maximum atomic E-state index is 13.0. The van der Waals surface area contributed by atoms with E-state index in [1.54, 1.807) is 25.1 Å². The first kappa shape index (κ1) is 10.7. The van der Waals surface area contributed by atoms with Crippen molar-refractivity contribution in [3.8, 4) is 6.07 Å². The molecule has 0 heterocycles. The first-order valence-corrected chi connectivity index (χ1v) is 4.38. The minimum atomic E-state index is -0.384. The molecule has 0 aliphatic heterocycles. The second-order valence-corrected chi connectivity index (χ2v) is 3.50. The van der Waals surface area contributed by atoms with Crippen LogP contribution in [-0.2, 0) is 0 Å². The van der Waals surface area contributed by atoms with E-state index >= 15 is 0 Å². The highest BCUT2D eigenvalue weighted by molar-refractivity contribution is 5.32. The molecule has 0 spiro atoms. The normalized spacial score (nSPS) is 12.6. The molecule has 1 aromatic rings. The van der Waals surface area contributed by atoms with Gasteiger partial charge in [-0.2, -0.15) is 5.26 Å². The smallest absolute Gasteiger partial charge is 0.123 e. The van der Waals surface area contributed by atoms with Gasteiger partial charge >= 0.3 is 0 Å². The number of rotatable bonds is 2. The second kappa shape index (κ2) is 4.21. The summed E-state index contributed by atoms with van der Waals surface area (Å²) in [6.45, 7) is 1.88. The Balaban J connectivity index is 3.17. The molecule has 3 heteroatoms. The maximum Gasteiger partial charge on any atom is 0.123 e. The maximum absolute atomic E-state index is 13.0. The molecule has 0 fully saturated rings. The SMILES string of the molecule is Cc1ccc(F)cc1C(C#N)N(C)C. The van der Waals surface area contributed by atoms with Crippen LogP contribution in [0.4, 0.5) is 4.39 Å². The summed E-state index contributed by atoms with van der Waals surface area (Å²) in [5.41, 5.74) is 1.67. The van der Waals surface area contributed by atoms with Gasteiger partial charge in [0.2, 0.25) is 0 Å². The van der Waals surface area contributed by atoms with Gasteiger partial charge in [-0.3, -0.25) is 4.90 Å². The van der Waals surface area contributed by atoms with Gasteiger partial charge in [0, 0.05) is 0 Å². The molecule has 2 nitrogen and oxygen atoms in total. The van der Waals surface area contributed by atoms with Gasteiger partial charge in [0.25, 0.3) is 0 Å². The molecule has 0 saturated carbocycles. The predicted octanol–water partition coefficient (Wildman–Crippen LogP) is 2.26. The van der Waals surface area contributed by atoms with Gasteiger partial charge in [-0.1, -0.05) is 6.07 Å². The molecular weight excluding hydrogens is 179 g/mol. The lowest BCUT2D eigenvalue weighted by Gasteiger charge is -2.19. The molecule has 74 valence electrons. The van der Waals surface area contributed by atoms with Gasteiger partial charge < -0.3 is 0 Å². The standard InChI is InChI=1S/C11H13FN2/c1-8-4-5-9(12)6-10(8)11(7-13)14(2)3/h4-6,11H,1-3H3. The molecular formula is C11H13FN2. The Morgan fingerprint density at radius 3 is 2.57 bits per heavy atom. The third-order valence-electron chi connectivity index (χ3n) is 2.17. The average molecular weight is 192 g/mol. The summed E-state index contributed by atoms with van der Waals surface area (Å²) in [4.78, 5) is 1.77. The third kappa shape index (κ3) is 2.09. The lowest BCUT2D eigenvalue weighted by atomic mass is 10.0. The molecule has 1 aromatic carbocycles. The summed E-state index contributed by atoms with van der Waals surface area (Å²) in [5, 5.41) is 8.95. The number of hydrogen-bond acceptors (Lipinski definition) is 2. The molecule has 0 saturated heterocycles. The number of nitrogens with zero attached hydrogens (tertiary/aromatic N) is 2. The number of halogens is 1. The fourth-order valence-corrected chi connectivity index (χ4v) is 1.37. The highest BCUT2D eigenvalue weighted by Gasteiger charge is 2.15. The monoisotopic (exact) mass is 192 g/mol. The first-order valence-electron chi connectivity index (χ1n) is 4.38. The Morgan fingerprint density at radius 1 is 1.43 bits per heavy atom. The molecule has 0 aliphatic rings. The van der Waals surface area contributed by atoms with Crippen molar-refractivity contribution in [3.63, 3.8) is 0 Å². The third-order valence-corrected chi connectivity index (χ3v) is 2.17. The minimum absolute atomic E-state index is 0.298. The number of benzene rings is 1. The van der Waals surface area contributed by atoms with E-state index in [2.05, 4.69) is 6.07 Å². The molecule has 0 radical (unpaired) electrons. The molecule has 0 aliphatic carbocycles. The highest BCUT2D eigenvalue weighted by atomic mass is 19.1. The summed E-state index contributed by atoms with van der Waals surface area (Å²) in [6, 6.07) is 6.28. The minimum Gasteiger partial charge on any atom is -0.291 e. The van der Waals surface area contributed by atoms with Crippen LogP contribution in [0.25, 0.3) is 0 Å². The Morgan fingerprint density at radius 2 is 2.07 bits per heavy atom. The second-order valence-electron chi connectivity index (χ2n) is 3.50. The van der Waals surface area contributed by atoms with Crippen LogP contribution in [0.2, 0.25) is 0 Å². The van der Waals surface area contributed by atoms with Crippen molar-refractivity contribution in [2.45, 2.75) is 13.0 Å². The zero-order chi connectivity index (χ0) is 10.7. The zero-order valence-electron chi connectivity index (χ0n) is 8.58. The van der Waals surface area contributed by atoms with Crippen LogP contribution in [0.3, 0.4) is 0 Å². The van der Waals surface area contributed by atoms with Crippen LogP contribution in [0.1, 0.15) is 17.2 Å². The van der Waals surface area contributed by atoms with Crippen LogP contribution in [0.5, 0.6) is 0 Å². The van der Waals surface area contributed by atoms with E-state index in [9.17, 15) is 4.39 Å². The number of hydrogen-bond donors (Lipinski definition) is 0. The van der Waals surface area contributed by atoms with Gasteiger partial charge in [0.05, 0.1) is 6.07 Å². The van der Waals surface area contributed by atoms with Crippen LogP contribution in [0, 0.1) is 24.1 Å². The summed E-state index contributed by atoms with van der Waals surface area (Å²) in [7, 11) is 3.61. The van der Waals surface area contributed by atoms with E-state index in [0.29, 0.717) is 0 Å². The fourth-order valence-electron chi connectivity index (χ4n) is 1.37. The number of nitriles is 1. The fraction of sp³-hybridized carbons (Fsp3) is 0.364. The molecule has 0 N–H and O–H groups in total. The summed E-state index contributed by atoms with van der Waals surface area (Å²) in [6.07, 6.45) is 0. The zero-order valence-corrected chi connectivity index (χ0v) is 8.58. The van der Waals surface area contributed by atoms with E-state index in [0.717, 1.165) is 11.1 Å². The molecule has 1 unspecified atom stereocenters. The van der Waals surface area contributed by atoms with E-state index in [1.807, 2.05) is 6.92 Å². The number of aryl methyl sites for hydroxylation is 1. The van der Waals surface area contributed by atoms with E-state index < -0.39 is 0 Å². The predicted molar refractivity (Wildman–Crippen MR) is 53.2 cm³/mol. The Bertz CT molecular complexity index is 366. The van der Waals surface area contributed by atoms with E-state index in [4.69, 9.17) is 5.26 Å². The highest BCUT2D eigenvalue weighted by Crippen LogP contribution is 2.21. The molecule has 14 heavy (non-hydrogen) atoms. The van der Waals surface area contributed by atoms with Crippen molar-refractivity contribution >= 4 is 0 Å². The van der Waals surface area contributed by atoms with Crippen LogP contribution >= 0.6 is 0 Å². The largest absolute Gasteiger partial charge is 0.291 e. The van der Waals surface area contributed by atoms with Gasteiger partial charge in [0.15, 0.2) is 0 Å². The molecule has 0 amide bonds. The summed E-state index contributed by atoms with van der Waals surface area (Å²) in [5.74, 6) is -0.298. The van der Waals surface area contributed by atoms with E-state index in [-0.39, 0.29) is 11.9 Å². The van der Waals surface area contributed by atoms with Crippen LogP contribution < -0.4 is 0 Å². The molecule has 0 aromatic heterocycles. The van der Waals surface area contributed by atoms with Crippen molar-refractivity contribution in [1.82, 2.24) is 4.90 Å². The van der Waals surface area contributed by atoms with Gasteiger partial charge in [-0.05, 0) is 44.3 Å². The lowest BCUT2D eigenvalue weighted by molar-refractivity contribution is 0.356. The lowest BCUT2D eigenvalue weighted by Crippen LogP contribution is -2.19. The molecule has 1 atom stereocenters. The molecule has 0 bridgehead atoms. The van der Waals surface area contributed by atoms with Gasteiger partial charge in [-0.15, -0.1) is 0 Å². The van der Waals surface area contributed by atoms with Crippen molar-refractivity contribution in [2.24, 2.45) is 0 Å². The first-order chi connectivity index (χ1) is 6.56. The van der Waals surface area contributed by atoms with Gasteiger partial charge in [-0.25, -0.2) is 4.39 Å². The van der Waals surface area contributed by atoms with Crippen LogP contribution in [-0.4, -0.2) is 19.0 Å². The van der Waals surface area contributed by atoms with Crippen molar-refractivity contribution in [1.29, 1.82) is 5.26 Å². The van der Waals surface area contributed by atoms with Crippen molar-refractivity contribution in [3.05, 3.63) is 35.1 Å². The topological polar surface area (TPSA) is 27.0 Å². The van der Waals surface area contributed by atoms with Crippen LogP contribution in [0.15, 0.2) is 18.2 Å². The van der Waals surface area contributed by atoms with E-state index in [1.165, 1.54) is 12.1 Å². The average Bonchev–Trinajstić information content (AvgIpc) is 2.11. The van der Waals surface area contributed by atoms with Crippen molar-refractivity contribution < 1.29 is 4.39 Å². The Hall–Kier alpha value is -1.40. The summed E-state index contributed by atoms with van der Waals surface area (Å²) < 4.78 is 13.0. The molecule has 1 rings (SSSR count).